The Bertz CT molecular complexity index is 886. The Balaban J connectivity index is 2.26. The number of methoxy groups -OCH3 is 1. The molecule has 30 heavy (non-hydrogen) atoms. The lowest BCUT2D eigenvalue weighted by Crippen LogP contribution is -2.21. The molecule has 2 rings (SSSR count). The van der Waals surface area contributed by atoms with Crippen molar-refractivity contribution in [3.63, 3.8) is 0 Å². The molecular formula is C20H16F6O4. The topological polar surface area (TPSA) is 44.8 Å². The number of hydrogen-bond donors (Lipinski definition) is 0. The van der Waals surface area contributed by atoms with Gasteiger partial charge in [-0.05, 0) is 42.0 Å². The van der Waals surface area contributed by atoms with Gasteiger partial charge in [0.1, 0.15) is 17.2 Å². The van der Waals surface area contributed by atoms with Crippen LogP contribution < -0.4 is 14.2 Å². The Hall–Kier alpha value is -3.17. The van der Waals surface area contributed by atoms with E-state index in [0.717, 1.165) is 24.3 Å². The SMILES string of the molecule is COc1ccc(/C=C/C(=O)c2cc(OCC(F)(F)F)ccc2OCC(F)(F)F)cc1. The summed E-state index contributed by atoms with van der Waals surface area (Å²) in [5.41, 5.74) is 0.218. The van der Waals surface area contributed by atoms with E-state index in [1.807, 2.05) is 0 Å². The predicted molar refractivity (Wildman–Crippen MR) is 95.9 cm³/mol. The monoisotopic (exact) mass is 434 g/mol. The first kappa shape index (κ1) is 23.1. The van der Waals surface area contributed by atoms with Gasteiger partial charge in [-0.1, -0.05) is 18.2 Å². The molecule has 0 heterocycles. The molecule has 2 aromatic carbocycles. The van der Waals surface area contributed by atoms with E-state index in [4.69, 9.17) is 4.74 Å². The highest BCUT2D eigenvalue weighted by Crippen LogP contribution is 2.28. The molecule has 0 spiro atoms. The summed E-state index contributed by atoms with van der Waals surface area (Å²) in [4.78, 5) is 12.5. The van der Waals surface area contributed by atoms with Gasteiger partial charge >= 0.3 is 12.4 Å². The summed E-state index contributed by atoms with van der Waals surface area (Å²) >= 11 is 0. The van der Waals surface area contributed by atoms with E-state index in [0.29, 0.717) is 11.3 Å². The molecular weight excluding hydrogens is 418 g/mol. The first-order chi connectivity index (χ1) is 14.0. The fraction of sp³-hybridized carbons (Fsp3) is 0.250. The van der Waals surface area contributed by atoms with Crippen LogP contribution >= 0.6 is 0 Å². The van der Waals surface area contributed by atoms with Gasteiger partial charge in [-0.25, -0.2) is 0 Å². The molecule has 0 aliphatic heterocycles. The number of carbonyl (C=O) groups excluding carboxylic acids is 1. The van der Waals surface area contributed by atoms with E-state index in [1.54, 1.807) is 24.3 Å². The van der Waals surface area contributed by atoms with E-state index < -0.39 is 37.1 Å². The molecule has 0 aliphatic carbocycles. The molecule has 0 bridgehead atoms. The lowest BCUT2D eigenvalue weighted by atomic mass is 10.1. The molecule has 0 atom stereocenters. The maximum atomic E-state index is 12.5. The summed E-state index contributed by atoms with van der Waals surface area (Å²) in [7, 11) is 1.48. The second-order valence-electron chi connectivity index (χ2n) is 5.94. The molecule has 0 N–H and O–H groups in total. The Labute approximate surface area is 167 Å². The Morgan fingerprint density at radius 2 is 1.43 bits per heavy atom. The van der Waals surface area contributed by atoms with E-state index in [9.17, 15) is 31.1 Å². The molecule has 2 aromatic rings. The van der Waals surface area contributed by atoms with Crippen LogP contribution in [0.4, 0.5) is 26.3 Å². The molecule has 4 nitrogen and oxygen atoms in total. The number of allylic oxidation sites excluding steroid dienone is 1. The molecule has 162 valence electrons. The lowest BCUT2D eigenvalue weighted by molar-refractivity contribution is -0.154. The van der Waals surface area contributed by atoms with Crippen molar-refractivity contribution >= 4 is 11.9 Å². The number of rotatable bonds is 8. The van der Waals surface area contributed by atoms with Crippen molar-refractivity contribution in [2.75, 3.05) is 20.3 Å². The van der Waals surface area contributed by atoms with Crippen molar-refractivity contribution in [1.82, 2.24) is 0 Å². The maximum Gasteiger partial charge on any atom is 0.422 e. The fourth-order valence-corrected chi connectivity index (χ4v) is 2.22. The van der Waals surface area contributed by atoms with Crippen molar-refractivity contribution in [3.05, 3.63) is 59.7 Å². The first-order valence-electron chi connectivity index (χ1n) is 8.36. The van der Waals surface area contributed by atoms with Crippen molar-refractivity contribution in [2.24, 2.45) is 0 Å². The molecule has 0 saturated heterocycles. The third-order valence-corrected chi connectivity index (χ3v) is 3.55. The van der Waals surface area contributed by atoms with Crippen LogP contribution in [0.5, 0.6) is 17.2 Å². The van der Waals surface area contributed by atoms with E-state index >= 15 is 0 Å². The van der Waals surface area contributed by atoms with Gasteiger partial charge in [-0.3, -0.25) is 4.79 Å². The first-order valence-corrected chi connectivity index (χ1v) is 8.36. The lowest BCUT2D eigenvalue weighted by Gasteiger charge is -2.14. The molecule has 0 unspecified atom stereocenters. The van der Waals surface area contributed by atoms with Crippen LogP contribution in [0.2, 0.25) is 0 Å². The van der Waals surface area contributed by atoms with Gasteiger partial charge in [0, 0.05) is 0 Å². The largest absolute Gasteiger partial charge is 0.497 e. The highest BCUT2D eigenvalue weighted by molar-refractivity contribution is 6.08. The van der Waals surface area contributed by atoms with E-state index in [2.05, 4.69) is 9.47 Å². The van der Waals surface area contributed by atoms with Crippen LogP contribution in [0, 0.1) is 0 Å². The van der Waals surface area contributed by atoms with E-state index in [-0.39, 0.29) is 11.3 Å². The number of ketones is 1. The summed E-state index contributed by atoms with van der Waals surface area (Å²) in [6, 6.07) is 9.37. The summed E-state index contributed by atoms with van der Waals surface area (Å²) in [6.45, 7) is -3.29. The van der Waals surface area contributed by atoms with Gasteiger partial charge in [-0.15, -0.1) is 0 Å². The van der Waals surface area contributed by atoms with Gasteiger partial charge in [-0.2, -0.15) is 26.3 Å². The number of benzene rings is 2. The summed E-state index contributed by atoms with van der Waals surface area (Å²) < 4.78 is 88.5. The van der Waals surface area contributed by atoms with Crippen LogP contribution in [-0.4, -0.2) is 38.5 Å². The average molecular weight is 434 g/mol. The highest BCUT2D eigenvalue weighted by atomic mass is 19.4. The number of carbonyl (C=O) groups is 1. The highest BCUT2D eigenvalue weighted by Gasteiger charge is 2.30. The zero-order chi connectivity index (χ0) is 22.4. The molecule has 0 radical (unpaired) electrons. The maximum absolute atomic E-state index is 12.5. The van der Waals surface area contributed by atoms with Gasteiger partial charge in [0.25, 0.3) is 0 Å². The molecule has 10 heteroatoms. The summed E-state index contributed by atoms with van der Waals surface area (Å²) in [5, 5.41) is 0. The third kappa shape index (κ3) is 7.69. The van der Waals surface area contributed by atoms with Crippen molar-refractivity contribution in [2.45, 2.75) is 12.4 Å². The van der Waals surface area contributed by atoms with Crippen molar-refractivity contribution in [1.29, 1.82) is 0 Å². The molecule has 0 saturated carbocycles. The zero-order valence-corrected chi connectivity index (χ0v) is 15.5. The van der Waals surface area contributed by atoms with Crippen LogP contribution in [-0.2, 0) is 0 Å². The Kier molecular flexibility index (Phi) is 7.36. The molecule has 0 amide bonds. The van der Waals surface area contributed by atoms with Gasteiger partial charge < -0.3 is 14.2 Å². The summed E-state index contributed by atoms with van der Waals surface area (Å²) in [6.07, 6.45) is -6.84. The predicted octanol–water partition coefficient (Wildman–Crippen LogP) is 5.47. The Morgan fingerprint density at radius 3 is 2.00 bits per heavy atom. The third-order valence-electron chi connectivity index (χ3n) is 3.55. The van der Waals surface area contributed by atoms with Crippen LogP contribution in [0.1, 0.15) is 15.9 Å². The van der Waals surface area contributed by atoms with Gasteiger partial charge in [0.2, 0.25) is 0 Å². The van der Waals surface area contributed by atoms with Crippen molar-refractivity contribution in [3.8, 4) is 17.2 Å². The minimum absolute atomic E-state index is 0.340. The number of halogens is 6. The normalized spacial score (nSPS) is 12.1. The second kappa shape index (κ2) is 9.55. The number of alkyl halides is 6. The number of hydrogen-bond acceptors (Lipinski definition) is 4. The zero-order valence-electron chi connectivity index (χ0n) is 15.5. The van der Waals surface area contributed by atoms with Crippen LogP contribution in [0.3, 0.4) is 0 Å². The van der Waals surface area contributed by atoms with E-state index in [1.165, 1.54) is 13.2 Å². The van der Waals surface area contributed by atoms with Crippen molar-refractivity contribution < 1.29 is 45.3 Å². The quantitative estimate of drug-likeness (QED) is 0.314. The summed E-state index contributed by atoms with van der Waals surface area (Å²) in [5.74, 6) is -0.972. The molecule has 0 aliphatic rings. The second-order valence-corrected chi connectivity index (χ2v) is 5.94. The average Bonchev–Trinajstić information content (AvgIpc) is 2.68. The van der Waals surface area contributed by atoms with Crippen LogP contribution in [0.25, 0.3) is 6.08 Å². The smallest absolute Gasteiger partial charge is 0.422 e. The standard InChI is InChI=1S/C20H16F6O4/c1-28-14-5-2-13(3-6-14)4-8-17(27)16-10-15(29-11-19(21,22)23)7-9-18(16)30-12-20(24,25)26/h2-10H,11-12H2,1H3/b8-4+. The molecule has 0 fully saturated rings. The van der Waals surface area contributed by atoms with Crippen LogP contribution in [0.15, 0.2) is 48.5 Å². The molecule has 0 aromatic heterocycles. The van der Waals surface area contributed by atoms with Gasteiger partial charge in [0.05, 0.1) is 12.7 Å². The number of ether oxygens (including phenoxy) is 3. The minimum Gasteiger partial charge on any atom is -0.497 e. The minimum atomic E-state index is -4.66. The Morgan fingerprint density at radius 1 is 0.867 bits per heavy atom. The van der Waals surface area contributed by atoms with Gasteiger partial charge in [0.15, 0.2) is 19.0 Å². The fourth-order valence-electron chi connectivity index (χ4n) is 2.22.